The van der Waals surface area contributed by atoms with Gasteiger partial charge in [-0.2, -0.15) is 5.10 Å². The van der Waals surface area contributed by atoms with Gasteiger partial charge in [0.2, 0.25) is 0 Å². The minimum absolute atomic E-state index is 0.437. The second-order valence-electron chi connectivity index (χ2n) is 4.64. The summed E-state index contributed by atoms with van der Waals surface area (Å²) < 4.78 is 12.2. The van der Waals surface area contributed by atoms with Crippen molar-refractivity contribution in [3.05, 3.63) is 11.9 Å². The monoisotopic (exact) mass is 255 g/mol. The van der Waals surface area contributed by atoms with E-state index in [0.717, 1.165) is 31.0 Å². The molecule has 0 saturated heterocycles. The minimum atomic E-state index is 0.437. The van der Waals surface area contributed by atoms with Crippen LogP contribution in [0.15, 0.2) is 6.20 Å². The number of methoxy groups -OCH3 is 1. The molecule has 0 aromatic carbocycles. The van der Waals surface area contributed by atoms with Gasteiger partial charge >= 0.3 is 0 Å². The summed E-state index contributed by atoms with van der Waals surface area (Å²) in [7, 11) is 3.63. The van der Waals surface area contributed by atoms with Crippen molar-refractivity contribution >= 4 is 5.69 Å². The number of nitrogens with one attached hydrogen (secondary N) is 1. The molecule has 0 amide bonds. The van der Waals surface area contributed by atoms with E-state index in [-0.39, 0.29) is 0 Å². The van der Waals surface area contributed by atoms with Crippen LogP contribution in [0.4, 0.5) is 5.69 Å². The predicted octanol–water partition coefficient (Wildman–Crippen LogP) is 2.01. The van der Waals surface area contributed by atoms with Crippen LogP contribution in [0.25, 0.3) is 0 Å². The average molecular weight is 255 g/mol. The first-order chi connectivity index (χ1) is 8.65. The third-order valence-electron chi connectivity index (χ3n) is 2.62. The number of rotatable bonds is 9. The predicted molar refractivity (Wildman–Crippen MR) is 73.1 cm³/mol. The maximum absolute atomic E-state index is 5.41. The molecule has 0 atom stereocenters. The Kier molecular flexibility index (Phi) is 6.75. The van der Waals surface area contributed by atoms with Crippen LogP contribution >= 0.6 is 0 Å². The van der Waals surface area contributed by atoms with Crippen molar-refractivity contribution in [1.29, 1.82) is 0 Å². The number of aryl methyl sites for hydroxylation is 1. The van der Waals surface area contributed by atoms with Crippen molar-refractivity contribution in [2.45, 2.75) is 26.2 Å². The Bertz CT molecular complexity index is 337. The van der Waals surface area contributed by atoms with Crippen LogP contribution in [0, 0.1) is 0 Å². The van der Waals surface area contributed by atoms with E-state index in [1.54, 1.807) is 7.11 Å². The van der Waals surface area contributed by atoms with Crippen molar-refractivity contribution < 1.29 is 9.47 Å². The molecule has 0 radical (unpaired) electrons. The van der Waals surface area contributed by atoms with Gasteiger partial charge in [0.1, 0.15) is 0 Å². The van der Waals surface area contributed by atoms with E-state index in [2.05, 4.69) is 24.3 Å². The van der Waals surface area contributed by atoms with Crippen molar-refractivity contribution in [1.82, 2.24) is 9.78 Å². The quantitative estimate of drug-likeness (QED) is 0.686. The van der Waals surface area contributed by atoms with Gasteiger partial charge < -0.3 is 14.8 Å². The zero-order valence-electron chi connectivity index (χ0n) is 11.9. The molecule has 0 bridgehead atoms. The molecule has 1 heterocycles. The smallest absolute Gasteiger partial charge is 0.0881 e. The van der Waals surface area contributed by atoms with Gasteiger partial charge in [-0.3, -0.25) is 4.68 Å². The Morgan fingerprint density at radius 3 is 2.78 bits per heavy atom. The SMILES string of the molecule is COCCOCCCNc1cn(C)nc1C(C)C. The molecule has 0 aliphatic heterocycles. The lowest BCUT2D eigenvalue weighted by molar-refractivity contribution is 0.0705. The largest absolute Gasteiger partial charge is 0.382 e. The van der Waals surface area contributed by atoms with Gasteiger partial charge in [-0.25, -0.2) is 0 Å². The molecule has 0 fully saturated rings. The lowest BCUT2D eigenvalue weighted by atomic mass is 10.1. The van der Waals surface area contributed by atoms with E-state index < -0.39 is 0 Å². The van der Waals surface area contributed by atoms with E-state index >= 15 is 0 Å². The fourth-order valence-corrected chi connectivity index (χ4v) is 1.71. The van der Waals surface area contributed by atoms with E-state index in [1.165, 1.54) is 0 Å². The number of anilines is 1. The normalized spacial score (nSPS) is 11.2. The van der Waals surface area contributed by atoms with E-state index in [4.69, 9.17) is 9.47 Å². The molecule has 5 heteroatoms. The summed E-state index contributed by atoms with van der Waals surface area (Å²) in [5, 5.41) is 7.87. The molecule has 5 nitrogen and oxygen atoms in total. The Balaban J connectivity index is 2.22. The van der Waals surface area contributed by atoms with Gasteiger partial charge in [-0.15, -0.1) is 0 Å². The second-order valence-corrected chi connectivity index (χ2v) is 4.64. The molecular formula is C13H25N3O2. The summed E-state index contributed by atoms with van der Waals surface area (Å²) in [5.74, 6) is 0.437. The Morgan fingerprint density at radius 2 is 2.11 bits per heavy atom. The van der Waals surface area contributed by atoms with Crippen molar-refractivity contribution in [3.8, 4) is 0 Å². The molecule has 1 aromatic rings. The maximum Gasteiger partial charge on any atom is 0.0881 e. The molecule has 1 N–H and O–H groups in total. The maximum atomic E-state index is 5.41. The van der Waals surface area contributed by atoms with E-state index in [9.17, 15) is 0 Å². The first kappa shape index (κ1) is 15.0. The lowest BCUT2D eigenvalue weighted by Crippen LogP contribution is -2.09. The highest BCUT2D eigenvalue weighted by molar-refractivity contribution is 5.47. The van der Waals surface area contributed by atoms with Crippen molar-refractivity contribution in [3.63, 3.8) is 0 Å². The standard InChI is InChI=1S/C13H25N3O2/c1-11(2)13-12(10-16(3)15-13)14-6-5-7-18-9-8-17-4/h10-11,14H,5-9H2,1-4H3. The summed E-state index contributed by atoms with van der Waals surface area (Å²) in [6.45, 7) is 7.29. The molecule has 1 rings (SSSR count). The van der Waals surface area contributed by atoms with Crippen LogP contribution in [-0.2, 0) is 16.5 Å². The summed E-state index contributed by atoms with van der Waals surface area (Å²) >= 11 is 0. The van der Waals surface area contributed by atoms with Crippen LogP contribution in [0.1, 0.15) is 31.9 Å². The van der Waals surface area contributed by atoms with E-state index in [0.29, 0.717) is 19.1 Å². The molecule has 1 aromatic heterocycles. The van der Waals surface area contributed by atoms with Crippen molar-refractivity contribution in [2.75, 3.05) is 38.8 Å². The third-order valence-corrected chi connectivity index (χ3v) is 2.62. The van der Waals surface area contributed by atoms with Crippen LogP contribution in [0.2, 0.25) is 0 Å². The average Bonchev–Trinajstić information content (AvgIpc) is 2.69. The van der Waals surface area contributed by atoms with Crippen LogP contribution < -0.4 is 5.32 Å². The molecule has 0 aliphatic carbocycles. The van der Waals surface area contributed by atoms with Gasteiger partial charge in [-0.05, 0) is 12.3 Å². The highest BCUT2D eigenvalue weighted by Crippen LogP contribution is 2.21. The molecule has 0 saturated carbocycles. The number of hydrogen-bond donors (Lipinski definition) is 1. The summed E-state index contributed by atoms with van der Waals surface area (Å²) in [6, 6.07) is 0. The third kappa shape index (κ3) is 5.06. The minimum Gasteiger partial charge on any atom is -0.382 e. The number of ether oxygens (including phenoxy) is 2. The van der Waals surface area contributed by atoms with Gasteiger partial charge in [0.05, 0.1) is 24.6 Å². The first-order valence-corrected chi connectivity index (χ1v) is 6.49. The first-order valence-electron chi connectivity index (χ1n) is 6.49. The van der Waals surface area contributed by atoms with E-state index in [1.807, 2.05) is 17.9 Å². The van der Waals surface area contributed by atoms with Gasteiger partial charge in [0.15, 0.2) is 0 Å². The molecular weight excluding hydrogens is 230 g/mol. The highest BCUT2D eigenvalue weighted by atomic mass is 16.5. The second kappa shape index (κ2) is 8.11. The lowest BCUT2D eigenvalue weighted by Gasteiger charge is -2.08. The van der Waals surface area contributed by atoms with Crippen LogP contribution in [0.3, 0.4) is 0 Å². The Morgan fingerprint density at radius 1 is 1.33 bits per heavy atom. The molecule has 0 aliphatic rings. The highest BCUT2D eigenvalue weighted by Gasteiger charge is 2.10. The molecule has 18 heavy (non-hydrogen) atoms. The van der Waals surface area contributed by atoms with Crippen molar-refractivity contribution in [2.24, 2.45) is 7.05 Å². The molecule has 0 spiro atoms. The topological polar surface area (TPSA) is 48.3 Å². The number of aromatic nitrogens is 2. The zero-order chi connectivity index (χ0) is 13.4. The number of hydrogen-bond acceptors (Lipinski definition) is 4. The molecule has 0 unspecified atom stereocenters. The van der Waals surface area contributed by atoms with Gasteiger partial charge in [0, 0.05) is 33.5 Å². The number of nitrogens with zero attached hydrogens (tertiary/aromatic N) is 2. The van der Waals surface area contributed by atoms with Crippen LogP contribution in [0.5, 0.6) is 0 Å². The van der Waals surface area contributed by atoms with Gasteiger partial charge in [0.25, 0.3) is 0 Å². The van der Waals surface area contributed by atoms with Gasteiger partial charge in [-0.1, -0.05) is 13.8 Å². The summed E-state index contributed by atoms with van der Waals surface area (Å²) in [6.07, 6.45) is 3.01. The summed E-state index contributed by atoms with van der Waals surface area (Å²) in [5.41, 5.74) is 2.25. The Labute approximate surface area is 109 Å². The summed E-state index contributed by atoms with van der Waals surface area (Å²) in [4.78, 5) is 0. The zero-order valence-corrected chi connectivity index (χ0v) is 11.9. The fourth-order valence-electron chi connectivity index (χ4n) is 1.71. The Hall–Kier alpha value is -1.07. The van der Waals surface area contributed by atoms with Crippen LogP contribution in [-0.4, -0.2) is 43.3 Å². The molecule has 104 valence electrons. The fraction of sp³-hybridized carbons (Fsp3) is 0.769.